The second-order valence-corrected chi connectivity index (χ2v) is 3.41. The molecule has 0 aliphatic carbocycles. The number of nitrogens with zero attached hydrogens (tertiary/aromatic N) is 1. The number of hydrogen-bond donors (Lipinski definition) is 1. The fraction of sp³-hybridized carbons (Fsp3) is 0. The van der Waals surface area contributed by atoms with Gasteiger partial charge in [-0.05, 0) is 23.8 Å². The molecular formula is C13H11FN2. The van der Waals surface area contributed by atoms with Crippen LogP contribution in [0.5, 0.6) is 0 Å². The van der Waals surface area contributed by atoms with Gasteiger partial charge in [-0.25, -0.2) is 9.37 Å². The predicted molar refractivity (Wildman–Crippen MR) is 64.1 cm³/mol. The molecule has 3 heteroatoms. The minimum absolute atomic E-state index is 0.254. The smallest absolute Gasteiger partial charge is 0.130 e. The van der Waals surface area contributed by atoms with Crippen LogP contribution in [0.4, 0.5) is 10.2 Å². The summed E-state index contributed by atoms with van der Waals surface area (Å²) in [6, 6.07) is 8.12. The van der Waals surface area contributed by atoms with Crippen LogP contribution in [0.3, 0.4) is 0 Å². The van der Waals surface area contributed by atoms with Crippen LogP contribution in [0, 0.1) is 5.82 Å². The van der Waals surface area contributed by atoms with E-state index in [1.165, 1.54) is 12.1 Å². The fourth-order valence-electron chi connectivity index (χ4n) is 1.46. The van der Waals surface area contributed by atoms with E-state index in [9.17, 15) is 4.39 Å². The Morgan fingerprint density at radius 1 is 1.19 bits per heavy atom. The van der Waals surface area contributed by atoms with Crippen LogP contribution in [0.15, 0.2) is 43.1 Å². The predicted octanol–water partition coefficient (Wildman–Crippen LogP) is 3.11. The Hall–Kier alpha value is -2.16. The molecule has 0 bridgehead atoms. The van der Waals surface area contributed by atoms with Crippen LogP contribution in [0.25, 0.3) is 17.2 Å². The highest BCUT2D eigenvalue weighted by Crippen LogP contribution is 2.22. The first kappa shape index (κ1) is 10.4. The van der Waals surface area contributed by atoms with Gasteiger partial charge in [0.1, 0.15) is 11.6 Å². The summed E-state index contributed by atoms with van der Waals surface area (Å²) in [6.07, 6.45) is 3.31. The van der Waals surface area contributed by atoms with Crippen molar-refractivity contribution in [2.24, 2.45) is 0 Å². The topological polar surface area (TPSA) is 38.9 Å². The molecule has 0 fully saturated rings. The molecule has 1 heterocycles. The summed E-state index contributed by atoms with van der Waals surface area (Å²) in [5.74, 6) is 0.192. The number of aromatic nitrogens is 1. The minimum Gasteiger partial charge on any atom is -0.383 e. The lowest BCUT2D eigenvalue weighted by Crippen LogP contribution is -1.94. The van der Waals surface area contributed by atoms with E-state index in [2.05, 4.69) is 11.6 Å². The summed E-state index contributed by atoms with van der Waals surface area (Å²) in [7, 11) is 0. The van der Waals surface area contributed by atoms with Gasteiger partial charge in [0, 0.05) is 17.3 Å². The van der Waals surface area contributed by atoms with Gasteiger partial charge in [0.05, 0.1) is 0 Å². The normalized spacial score (nSPS) is 10.1. The number of pyridine rings is 1. The van der Waals surface area contributed by atoms with E-state index in [-0.39, 0.29) is 5.82 Å². The van der Waals surface area contributed by atoms with Crippen molar-refractivity contribution in [3.8, 4) is 11.1 Å². The van der Waals surface area contributed by atoms with Crippen molar-refractivity contribution < 1.29 is 4.39 Å². The average Bonchev–Trinajstić information content (AvgIpc) is 2.31. The van der Waals surface area contributed by atoms with Gasteiger partial charge in [0.15, 0.2) is 0 Å². The van der Waals surface area contributed by atoms with E-state index in [1.54, 1.807) is 24.4 Å². The monoisotopic (exact) mass is 214 g/mol. The molecule has 80 valence electrons. The minimum atomic E-state index is -0.254. The lowest BCUT2D eigenvalue weighted by molar-refractivity contribution is 0.628. The van der Waals surface area contributed by atoms with Gasteiger partial charge >= 0.3 is 0 Å². The van der Waals surface area contributed by atoms with E-state index in [4.69, 9.17) is 5.73 Å². The van der Waals surface area contributed by atoms with E-state index >= 15 is 0 Å². The zero-order valence-electron chi connectivity index (χ0n) is 8.65. The highest BCUT2D eigenvalue weighted by atomic mass is 19.1. The van der Waals surface area contributed by atoms with Crippen molar-refractivity contribution in [3.63, 3.8) is 0 Å². The number of rotatable bonds is 2. The van der Waals surface area contributed by atoms with Gasteiger partial charge in [-0.2, -0.15) is 0 Å². The third-order valence-electron chi connectivity index (χ3n) is 2.35. The van der Waals surface area contributed by atoms with Crippen molar-refractivity contribution >= 4 is 11.9 Å². The van der Waals surface area contributed by atoms with Crippen molar-refractivity contribution in [1.82, 2.24) is 4.98 Å². The quantitative estimate of drug-likeness (QED) is 0.834. The van der Waals surface area contributed by atoms with E-state index in [0.29, 0.717) is 5.82 Å². The van der Waals surface area contributed by atoms with Crippen LogP contribution in [-0.2, 0) is 0 Å². The maximum absolute atomic E-state index is 12.8. The molecule has 0 saturated heterocycles. The maximum Gasteiger partial charge on any atom is 0.130 e. The molecule has 0 radical (unpaired) electrons. The first-order valence-corrected chi connectivity index (χ1v) is 4.84. The third kappa shape index (κ3) is 1.93. The summed E-state index contributed by atoms with van der Waals surface area (Å²) in [6.45, 7) is 3.66. The summed E-state index contributed by atoms with van der Waals surface area (Å²) < 4.78 is 12.8. The van der Waals surface area contributed by atoms with Gasteiger partial charge < -0.3 is 5.73 Å². The second kappa shape index (κ2) is 4.14. The van der Waals surface area contributed by atoms with Crippen LogP contribution in [0.1, 0.15) is 5.56 Å². The number of benzene rings is 1. The van der Waals surface area contributed by atoms with Gasteiger partial charge in [-0.15, -0.1) is 0 Å². The molecule has 2 rings (SSSR count). The molecule has 0 saturated carbocycles. The molecule has 0 unspecified atom stereocenters. The highest BCUT2D eigenvalue weighted by molar-refractivity contribution is 5.70. The molecule has 2 nitrogen and oxygen atoms in total. The Labute approximate surface area is 93.3 Å². The van der Waals surface area contributed by atoms with Crippen molar-refractivity contribution in [3.05, 3.63) is 54.5 Å². The Morgan fingerprint density at radius 2 is 1.88 bits per heavy atom. The van der Waals surface area contributed by atoms with Gasteiger partial charge in [0.2, 0.25) is 0 Å². The summed E-state index contributed by atoms with van der Waals surface area (Å²) >= 11 is 0. The lowest BCUT2D eigenvalue weighted by Gasteiger charge is -2.04. The van der Waals surface area contributed by atoms with Crippen LogP contribution < -0.4 is 5.73 Å². The standard InChI is InChI=1S/C13H11FN2/c1-2-9-7-11(8-16-13(9)15)10-3-5-12(14)6-4-10/h2-8H,1H2,(H2,15,16). The third-order valence-corrected chi connectivity index (χ3v) is 2.35. The molecule has 2 aromatic rings. The van der Waals surface area contributed by atoms with E-state index < -0.39 is 0 Å². The molecule has 1 aromatic heterocycles. The fourth-order valence-corrected chi connectivity index (χ4v) is 1.46. The molecule has 16 heavy (non-hydrogen) atoms. The SMILES string of the molecule is C=Cc1cc(-c2ccc(F)cc2)cnc1N. The van der Waals surface area contributed by atoms with E-state index in [1.807, 2.05) is 6.07 Å². The van der Waals surface area contributed by atoms with Gasteiger partial charge in [-0.1, -0.05) is 24.8 Å². The maximum atomic E-state index is 12.8. The number of anilines is 1. The Kier molecular flexibility index (Phi) is 2.68. The molecule has 0 spiro atoms. The Balaban J connectivity index is 2.48. The number of halogens is 1. The van der Waals surface area contributed by atoms with Crippen molar-refractivity contribution in [2.75, 3.05) is 5.73 Å². The average molecular weight is 214 g/mol. The second-order valence-electron chi connectivity index (χ2n) is 3.41. The summed E-state index contributed by atoms with van der Waals surface area (Å²) in [4.78, 5) is 4.06. The molecule has 0 amide bonds. The highest BCUT2D eigenvalue weighted by Gasteiger charge is 2.02. The van der Waals surface area contributed by atoms with Crippen LogP contribution in [0.2, 0.25) is 0 Å². The van der Waals surface area contributed by atoms with Crippen LogP contribution in [-0.4, -0.2) is 4.98 Å². The first-order valence-electron chi connectivity index (χ1n) is 4.84. The molecule has 1 aromatic carbocycles. The molecule has 2 N–H and O–H groups in total. The lowest BCUT2D eigenvalue weighted by atomic mass is 10.1. The summed E-state index contributed by atoms with van der Waals surface area (Å²) in [5, 5.41) is 0. The van der Waals surface area contributed by atoms with Crippen LogP contribution >= 0.6 is 0 Å². The molecule has 0 atom stereocenters. The Bertz CT molecular complexity index is 518. The van der Waals surface area contributed by atoms with Gasteiger partial charge in [0.25, 0.3) is 0 Å². The first-order chi connectivity index (χ1) is 7.70. The zero-order valence-corrected chi connectivity index (χ0v) is 8.65. The zero-order chi connectivity index (χ0) is 11.5. The number of nitrogen functional groups attached to an aromatic ring is 1. The number of nitrogens with two attached hydrogens (primary N) is 1. The van der Waals surface area contributed by atoms with Crippen molar-refractivity contribution in [2.45, 2.75) is 0 Å². The molecule has 0 aliphatic heterocycles. The molecular weight excluding hydrogens is 203 g/mol. The van der Waals surface area contributed by atoms with Crippen molar-refractivity contribution in [1.29, 1.82) is 0 Å². The summed E-state index contributed by atoms with van der Waals surface area (Å²) in [5.41, 5.74) is 8.23. The largest absolute Gasteiger partial charge is 0.383 e. The molecule has 0 aliphatic rings. The van der Waals surface area contributed by atoms with E-state index in [0.717, 1.165) is 16.7 Å². The Morgan fingerprint density at radius 3 is 2.50 bits per heavy atom. The number of hydrogen-bond acceptors (Lipinski definition) is 2. The van der Waals surface area contributed by atoms with Gasteiger partial charge in [-0.3, -0.25) is 0 Å².